The van der Waals surface area contributed by atoms with Gasteiger partial charge in [0.25, 0.3) is 17.7 Å². The minimum atomic E-state index is -0.675. The summed E-state index contributed by atoms with van der Waals surface area (Å²) in [5.41, 5.74) is 10.5. The number of benzene rings is 2. The Morgan fingerprint density at radius 1 is 1.06 bits per heavy atom. The van der Waals surface area contributed by atoms with Gasteiger partial charge in [-0.25, -0.2) is 8.78 Å². The number of fused-ring (bicyclic) bond motifs is 2. The minimum Gasteiger partial charge on any atom is -0.482 e. The van der Waals surface area contributed by atoms with Crippen LogP contribution in [0.1, 0.15) is 70.2 Å². The molecule has 1 unspecified atom stereocenters. The standard InChI is InChI=1S/C27H26FN5O4.C7H7F.C2H6S/c1-13(2)8-18-23(26(29)35)22(24-25(32-18)14(3)31-27(24)36)15-4-7-19-20(9-15)37-12-21(34)33(19)11-17-6-5-16(28)10-30-17;1-6-2-4-7(8)5-3-6;1-3-2/h4-7,9-10,13-14H,8,11-12H2,1-3H3,(H2,29,35)(H,31,36);2-5H,1H3;1-2H3. The summed E-state index contributed by atoms with van der Waals surface area (Å²) in [6, 6.07) is 14.0. The fourth-order valence-corrected chi connectivity index (χ4v) is 5.35. The van der Waals surface area contributed by atoms with Gasteiger partial charge in [0.2, 0.25) is 0 Å². The van der Waals surface area contributed by atoms with Crippen molar-refractivity contribution in [2.24, 2.45) is 11.7 Å². The zero-order valence-corrected chi connectivity index (χ0v) is 28.6. The molecule has 3 N–H and O–H groups in total. The molecule has 2 aliphatic heterocycles. The van der Waals surface area contributed by atoms with E-state index in [1.807, 2.05) is 40.2 Å². The smallest absolute Gasteiger partial charge is 0.265 e. The molecule has 2 aromatic carbocycles. The molecule has 0 spiro atoms. The molecular weight excluding hydrogens is 636 g/mol. The molecule has 0 saturated heterocycles. The van der Waals surface area contributed by atoms with Gasteiger partial charge < -0.3 is 15.8 Å². The van der Waals surface area contributed by atoms with E-state index in [1.165, 1.54) is 29.2 Å². The number of ether oxygens (including phenoxy) is 1. The molecule has 0 fully saturated rings. The van der Waals surface area contributed by atoms with E-state index in [0.717, 1.165) is 11.8 Å². The number of aromatic nitrogens is 2. The molecule has 252 valence electrons. The highest BCUT2D eigenvalue weighted by atomic mass is 32.2. The molecule has 4 aromatic rings. The molecular formula is C36H39F2N5O4S. The number of halogens is 2. The molecule has 2 aromatic heterocycles. The van der Waals surface area contributed by atoms with Gasteiger partial charge in [0.15, 0.2) is 6.61 Å². The van der Waals surface area contributed by atoms with Crippen molar-refractivity contribution in [1.29, 1.82) is 0 Å². The second-order valence-corrected chi connectivity index (χ2v) is 12.7. The van der Waals surface area contributed by atoms with Crippen LogP contribution in [0, 0.1) is 24.5 Å². The van der Waals surface area contributed by atoms with Crippen LogP contribution in [0.15, 0.2) is 60.8 Å². The number of amides is 3. The maximum absolute atomic E-state index is 13.3. The highest BCUT2D eigenvalue weighted by molar-refractivity contribution is 7.97. The van der Waals surface area contributed by atoms with Gasteiger partial charge in [0.1, 0.15) is 17.4 Å². The molecule has 1 atom stereocenters. The predicted octanol–water partition coefficient (Wildman–Crippen LogP) is 6.42. The predicted molar refractivity (Wildman–Crippen MR) is 184 cm³/mol. The van der Waals surface area contributed by atoms with Crippen LogP contribution in [0.5, 0.6) is 5.75 Å². The summed E-state index contributed by atoms with van der Waals surface area (Å²) in [5.74, 6) is -1.32. The van der Waals surface area contributed by atoms with Gasteiger partial charge in [-0.2, -0.15) is 11.8 Å². The first kappa shape index (κ1) is 36.0. The van der Waals surface area contributed by atoms with Crippen molar-refractivity contribution in [2.45, 2.75) is 46.7 Å². The average molecular weight is 676 g/mol. The third-order valence-corrected chi connectivity index (χ3v) is 7.44. The highest BCUT2D eigenvalue weighted by Crippen LogP contribution is 2.42. The number of pyridine rings is 2. The van der Waals surface area contributed by atoms with Crippen molar-refractivity contribution >= 4 is 35.2 Å². The SMILES string of the molecule is CC(C)Cc1nc2c(c(-c3ccc4c(c3)OCC(=O)N4Cc3ccc(F)cn3)c1C(N)=O)C(=O)NC2C.CSC.Cc1ccc(F)cc1. The van der Waals surface area contributed by atoms with Gasteiger partial charge >= 0.3 is 0 Å². The number of hydrogen-bond acceptors (Lipinski definition) is 7. The van der Waals surface area contributed by atoms with Crippen LogP contribution in [0.2, 0.25) is 0 Å². The number of aryl methyl sites for hydroxylation is 1. The van der Waals surface area contributed by atoms with Crippen molar-refractivity contribution in [3.8, 4) is 16.9 Å². The Kier molecular flexibility index (Phi) is 11.9. The number of hydrogen-bond donors (Lipinski definition) is 2. The summed E-state index contributed by atoms with van der Waals surface area (Å²) >= 11 is 1.75. The van der Waals surface area contributed by atoms with Crippen LogP contribution in [0.25, 0.3) is 11.1 Å². The van der Waals surface area contributed by atoms with Gasteiger partial charge in [0.05, 0.1) is 52.7 Å². The fraction of sp³-hybridized carbons (Fsp3) is 0.306. The van der Waals surface area contributed by atoms with E-state index in [0.29, 0.717) is 51.6 Å². The van der Waals surface area contributed by atoms with Gasteiger partial charge in [0, 0.05) is 5.56 Å². The molecule has 4 heterocycles. The second-order valence-electron chi connectivity index (χ2n) is 11.8. The third-order valence-electron chi connectivity index (χ3n) is 7.44. The Morgan fingerprint density at radius 2 is 1.73 bits per heavy atom. The van der Waals surface area contributed by atoms with E-state index in [2.05, 4.69) is 10.3 Å². The van der Waals surface area contributed by atoms with Crippen molar-refractivity contribution in [2.75, 3.05) is 24.0 Å². The van der Waals surface area contributed by atoms with Crippen molar-refractivity contribution < 1.29 is 27.9 Å². The first-order valence-electron chi connectivity index (χ1n) is 15.3. The summed E-state index contributed by atoms with van der Waals surface area (Å²) < 4.78 is 31.1. The molecule has 9 nitrogen and oxygen atoms in total. The van der Waals surface area contributed by atoms with E-state index < -0.39 is 11.7 Å². The molecule has 0 saturated carbocycles. The first-order chi connectivity index (χ1) is 22.8. The zero-order valence-electron chi connectivity index (χ0n) is 27.8. The quantitative estimate of drug-likeness (QED) is 0.241. The Bertz CT molecular complexity index is 1780. The lowest BCUT2D eigenvalue weighted by Crippen LogP contribution is -2.38. The minimum absolute atomic E-state index is 0.129. The van der Waals surface area contributed by atoms with Crippen LogP contribution >= 0.6 is 11.8 Å². The molecule has 0 bridgehead atoms. The Balaban J connectivity index is 0.000000405. The molecule has 3 amide bonds. The maximum atomic E-state index is 13.3. The molecule has 0 radical (unpaired) electrons. The van der Waals surface area contributed by atoms with E-state index in [9.17, 15) is 23.2 Å². The molecule has 12 heteroatoms. The largest absolute Gasteiger partial charge is 0.482 e. The summed E-state index contributed by atoms with van der Waals surface area (Å²) in [6.45, 7) is 7.72. The Hall–Kier alpha value is -4.84. The maximum Gasteiger partial charge on any atom is 0.265 e. The number of nitrogens with two attached hydrogens (primary N) is 1. The van der Waals surface area contributed by atoms with Crippen molar-refractivity contribution in [3.05, 3.63) is 106 Å². The third kappa shape index (κ3) is 8.35. The Labute approximate surface area is 283 Å². The number of nitrogens with one attached hydrogen (secondary N) is 1. The number of carbonyl (C=O) groups excluding carboxylic acids is 3. The number of nitrogens with zero attached hydrogens (tertiary/aromatic N) is 3. The molecule has 0 aliphatic carbocycles. The van der Waals surface area contributed by atoms with Crippen LogP contribution in [-0.2, 0) is 17.8 Å². The number of rotatable bonds is 6. The van der Waals surface area contributed by atoms with Crippen LogP contribution in [0.4, 0.5) is 14.5 Å². The monoisotopic (exact) mass is 675 g/mol. The van der Waals surface area contributed by atoms with Crippen LogP contribution in [-0.4, -0.2) is 46.8 Å². The van der Waals surface area contributed by atoms with Gasteiger partial charge in [-0.15, -0.1) is 0 Å². The molecule has 6 rings (SSSR count). The summed E-state index contributed by atoms with van der Waals surface area (Å²) in [6.07, 6.45) is 5.69. The fourth-order valence-electron chi connectivity index (χ4n) is 5.35. The molecule has 48 heavy (non-hydrogen) atoms. The number of thioether (sulfide) groups is 1. The zero-order chi connectivity index (χ0) is 35.1. The van der Waals surface area contributed by atoms with E-state index in [-0.39, 0.29) is 48.3 Å². The molecule has 2 aliphatic rings. The van der Waals surface area contributed by atoms with Crippen molar-refractivity contribution in [3.63, 3.8) is 0 Å². The lowest BCUT2D eigenvalue weighted by Gasteiger charge is -2.29. The van der Waals surface area contributed by atoms with E-state index in [4.69, 9.17) is 15.5 Å². The first-order valence-corrected chi connectivity index (χ1v) is 17.0. The van der Waals surface area contributed by atoms with E-state index >= 15 is 0 Å². The number of carbonyl (C=O) groups is 3. The average Bonchev–Trinajstić information content (AvgIpc) is 3.32. The topological polar surface area (TPSA) is 128 Å². The number of primary amides is 1. The summed E-state index contributed by atoms with van der Waals surface area (Å²) in [7, 11) is 0. The van der Waals surface area contributed by atoms with Gasteiger partial charge in [-0.1, -0.05) is 37.6 Å². The van der Waals surface area contributed by atoms with Gasteiger partial charge in [-0.3, -0.25) is 29.3 Å². The highest BCUT2D eigenvalue weighted by Gasteiger charge is 2.36. The summed E-state index contributed by atoms with van der Waals surface area (Å²) in [5, 5.41) is 2.87. The number of anilines is 1. The Morgan fingerprint density at radius 3 is 2.31 bits per heavy atom. The van der Waals surface area contributed by atoms with Crippen LogP contribution in [0.3, 0.4) is 0 Å². The normalized spacial score (nSPS) is 14.5. The van der Waals surface area contributed by atoms with E-state index in [1.54, 1.807) is 42.1 Å². The summed E-state index contributed by atoms with van der Waals surface area (Å²) in [4.78, 5) is 48.6. The lowest BCUT2D eigenvalue weighted by molar-refractivity contribution is -0.121. The second kappa shape index (κ2) is 15.8. The van der Waals surface area contributed by atoms with Gasteiger partial charge in [-0.05, 0) is 80.7 Å². The van der Waals surface area contributed by atoms with Crippen LogP contribution < -0.4 is 20.7 Å². The lowest BCUT2D eigenvalue weighted by atomic mass is 9.89. The van der Waals surface area contributed by atoms with Crippen molar-refractivity contribution in [1.82, 2.24) is 15.3 Å².